The molecule has 1 unspecified atom stereocenters. The number of methoxy groups -OCH3 is 1. The Bertz CT molecular complexity index is 586. The van der Waals surface area contributed by atoms with Crippen LogP contribution in [0.2, 0.25) is 0 Å². The number of carbonyl (C=O) groups is 1. The molecule has 1 aliphatic rings. The lowest BCUT2D eigenvalue weighted by Gasteiger charge is -2.13. The van der Waals surface area contributed by atoms with Gasteiger partial charge in [0.2, 0.25) is 0 Å². The van der Waals surface area contributed by atoms with Crippen molar-refractivity contribution in [2.75, 3.05) is 45.3 Å². The van der Waals surface area contributed by atoms with E-state index < -0.39 is 6.09 Å². The molecule has 1 heterocycles. The number of nitrogens with zero attached hydrogens (tertiary/aromatic N) is 1. The van der Waals surface area contributed by atoms with Crippen molar-refractivity contribution in [2.45, 2.75) is 32.4 Å². The molecule has 1 aromatic rings. The van der Waals surface area contributed by atoms with E-state index in [2.05, 4.69) is 25.7 Å². The van der Waals surface area contributed by atoms with E-state index in [1.54, 1.807) is 0 Å². The SMILES string of the molecule is CCNC(=NCc1ccc(NC(=O)OC)cc1)NCCCOC1CCOC1. The number of aliphatic imine (C=N–C) groups is 1. The molecular formula is C19H30N4O4. The number of anilines is 1. The van der Waals surface area contributed by atoms with Crippen LogP contribution in [0.25, 0.3) is 0 Å². The van der Waals surface area contributed by atoms with Gasteiger partial charge < -0.3 is 24.8 Å². The fourth-order valence-corrected chi connectivity index (χ4v) is 2.55. The first-order valence-corrected chi connectivity index (χ1v) is 9.36. The summed E-state index contributed by atoms with van der Waals surface area (Å²) in [5.74, 6) is 0.776. The van der Waals surface area contributed by atoms with Gasteiger partial charge in [0, 0.05) is 32.0 Å². The van der Waals surface area contributed by atoms with Crippen molar-refractivity contribution in [3.05, 3.63) is 29.8 Å². The number of benzene rings is 1. The second-order valence-corrected chi connectivity index (χ2v) is 6.15. The normalized spacial score (nSPS) is 16.8. The Hall–Kier alpha value is -2.32. The van der Waals surface area contributed by atoms with Crippen LogP contribution in [0.1, 0.15) is 25.3 Å². The zero-order valence-corrected chi connectivity index (χ0v) is 16.1. The summed E-state index contributed by atoms with van der Waals surface area (Å²) in [5, 5.41) is 9.17. The summed E-state index contributed by atoms with van der Waals surface area (Å²) in [6, 6.07) is 7.50. The van der Waals surface area contributed by atoms with Crippen molar-refractivity contribution in [3.63, 3.8) is 0 Å². The van der Waals surface area contributed by atoms with Crippen LogP contribution in [0.15, 0.2) is 29.3 Å². The Morgan fingerprint density at radius 1 is 1.30 bits per heavy atom. The third-order valence-corrected chi connectivity index (χ3v) is 4.00. The summed E-state index contributed by atoms with van der Waals surface area (Å²) in [5.41, 5.74) is 1.74. The molecule has 1 aliphatic heterocycles. The van der Waals surface area contributed by atoms with E-state index in [0.717, 1.165) is 50.7 Å². The minimum atomic E-state index is -0.483. The number of rotatable bonds is 9. The predicted molar refractivity (Wildman–Crippen MR) is 105 cm³/mol. The van der Waals surface area contributed by atoms with Gasteiger partial charge in [-0.2, -0.15) is 0 Å². The standard InChI is InChI=1S/C19H30N4O4/c1-3-20-18(21-10-4-11-27-17-9-12-26-14-17)22-13-15-5-7-16(8-6-15)23-19(24)25-2/h5-8,17H,3-4,9-14H2,1-2H3,(H,23,24)(H2,20,21,22). The van der Waals surface area contributed by atoms with Crippen LogP contribution in [0.5, 0.6) is 0 Å². The lowest BCUT2D eigenvalue weighted by atomic mass is 10.2. The van der Waals surface area contributed by atoms with Gasteiger partial charge in [0.15, 0.2) is 5.96 Å². The first kappa shape index (κ1) is 21.0. The summed E-state index contributed by atoms with van der Waals surface area (Å²) in [6.07, 6.45) is 1.67. The number of carbonyl (C=O) groups excluding carboxylic acids is 1. The van der Waals surface area contributed by atoms with Gasteiger partial charge in [-0.15, -0.1) is 0 Å². The molecule has 1 aromatic carbocycles. The minimum absolute atomic E-state index is 0.253. The second kappa shape index (κ2) is 12.1. The van der Waals surface area contributed by atoms with Gasteiger partial charge in [0.25, 0.3) is 0 Å². The Labute approximate surface area is 160 Å². The summed E-state index contributed by atoms with van der Waals surface area (Å²) in [4.78, 5) is 15.8. The van der Waals surface area contributed by atoms with Crippen LogP contribution in [0, 0.1) is 0 Å². The molecule has 0 aliphatic carbocycles. The molecule has 150 valence electrons. The summed E-state index contributed by atoms with van der Waals surface area (Å²) in [6.45, 7) is 6.41. The second-order valence-electron chi connectivity index (χ2n) is 6.15. The molecule has 0 radical (unpaired) electrons. The maximum atomic E-state index is 11.2. The first-order chi connectivity index (χ1) is 13.2. The Balaban J connectivity index is 1.72. The van der Waals surface area contributed by atoms with Gasteiger partial charge in [0.1, 0.15) is 0 Å². The van der Waals surface area contributed by atoms with Gasteiger partial charge in [-0.25, -0.2) is 9.79 Å². The molecule has 2 rings (SSSR count). The molecule has 8 nitrogen and oxygen atoms in total. The van der Waals surface area contributed by atoms with Crippen LogP contribution >= 0.6 is 0 Å². The van der Waals surface area contributed by atoms with Gasteiger partial charge in [-0.1, -0.05) is 12.1 Å². The van der Waals surface area contributed by atoms with Crippen molar-refractivity contribution in [3.8, 4) is 0 Å². The van der Waals surface area contributed by atoms with E-state index in [1.807, 2.05) is 31.2 Å². The van der Waals surface area contributed by atoms with Gasteiger partial charge in [0.05, 0.1) is 26.4 Å². The summed E-state index contributed by atoms with van der Waals surface area (Å²) >= 11 is 0. The topological polar surface area (TPSA) is 93.2 Å². The van der Waals surface area contributed by atoms with Crippen LogP contribution < -0.4 is 16.0 Å². The number of guanidine groups is 1. The fraction of sp³-hybridized carbons (Fsp3) is 0.579. The molecule has 1 amide bonds. The molecular weight excluding hydrogens is 348 g/mol. The molecule has 0 bridgehead atoms. The molecule has 0 spiro atoms. The fourth-order valence-electron chi connectivity index (χ4n) is 2.55. The number of nitrogens with one attached hydrogen (secondary N) is 3. The van der Waals surface area contributed by atoms with Gasteiger partial charge >= 0.3 is 6.09 Å². The molecule has 0 aromatic heterocycles. The third-order valence-electron chi connectivity index (χ3n) is 4.00. The van der Waals surface area contributed by atoms with E-state index in [0.29, 0.717) is 18.8 Å². The largest absolute Gasteiger partial charge is 0.453 e. The lowest BCUT2D eigenvalue weighted by Crippen LogP contribution is -2.38. The molecule has 3 N–H and O–H groups in total. The zero-order chi connectivity index (χ0) is 19.3. The van der Waals surface area contributed by atoms with Gasteiger partial charge in [-0.3, -0.25) is 5.32 Å². The van der Waals surface area contributed by atoms with Crippen LogP contribution in [-0.2, 0) is 20.8 Å². The average Bonchev–Trinajstić information content (AvgIpc) is 3.20. The highest BCUT2D eigenvalue weighted by Gasteiger charge is 2.15. The molecule has 1 saturated heterocycles. The summed E-state index contributed by atoms with van der Waals surface area (Å²) < 4.78 is 15.6. The highest BCUT2D eigenvalue weighted by atomic mass is 16.5. The van der Waals surface area contributed by atoms with E-state index in [-0.39, 0.29) is 6.10 Å². The monoisotopic (exact) mass is 378 g/mol. The molecule has 0 saturated carbocycles. The maximum Gasteiger partial charge on any atom is 0.411 e. The van der Waals surface area contributed by atoms with E-state index in [9.17, 15) is 4.79 Å². The smallest absolute Gasteiger partial charge is 0.411 e. The first-order valence-electron chi connectivity index (χ1n) is 9.36. The zero-order valence-electron chi connectivity index (χ0n) is 16.1. The van der Waals surface area contributed by atoms with Crippen LogP contribution in [-0.4, -0.2) is 58.2 Å². The number of amides is 1. The lowest BCUT2D eigenvalue weighted by molar-refractivity contribution is 0.0420. The molecule has 1 fully saturated rings. The molecule has 1 atom stereocenters. The van der Waals surface area contributed by atoms with Crippen molar-refractivity contribution in [2.24, 2.45) is 4.99 Å². The third kappa shape index (κ3) is 8.27. The van der Waals surface area contributed by atoms with E-state index >= 15 is 0 Å². The van der Waals surface area contributed by atoms with Crippen molar-refractivity contribution in [1.82, 2.24) is 10.6 Å². The number of hydrogen-bond donors (Lipinski definition) is 3. The number of ether oxygens (including phenoxy) is 3. The van der Waals surface area contributed by atoms with E-state index in [4.69, 9.17) is 9.47 Å². The Kier molecular flexibility index (Phi) is 9.43. The highest BCUT2D eigenvalue weighted by molar-refractivity contribution is 5.84. The van der Waals surface area contributed by atoms with Crippen LogP contribution in [0.3, 0.4) is 0 Å². The maximum absolute atomic E-state index is 11.2. The summed E-state index contributed by atoms with van der Waals surface area (Å²) in [7, 11) is 1.34. The van der Waals surface area contributed by atoms with Crippen molar-refractivity contribution >= 4 is 17.7 Å². The average molecular weight is 378 g/mol. The molecule has 27 heavy (non-hydrogen) atoms. The minimum Gasteiger partial charge on any atom is -0.453 e. The quantitative estimate of drug-likeness (QED) is 0.346. The Morgan fingerprint density at radius 2 is 2.11 bits per heavy atom. The predicted octanol–water partition coefficient (Wildman–Crippen LogP) is 2.12. The van der Waals surface area contributed by atoms with Crippen molar-refractivity contribution in [1.29, 1.82) is 0 Å². The number of hydrogen-bond acceptors (Lipinski definition) is 5. The van der Waals surface area contributed by atoms with Crippen LogP contribution in [0.4, 0.5) is 10.5 Å². The Morgan fingerprint density at radius 3 is 2.78 bits per heavy atom. The van der Waals surface area contributed by atoms with Gasteiger partial charge in [-0.05, 0) is 37.5 Å². The highest BCUT2D eigenvalue weighted by Crippen LogP contribution is 2.11. The van der Waals surface area contributed by atoms with E-state index in [1.165, 1.54) is 7.11 Å². The van der Waals surface area contributed by atoms with Crippen molar-refractivity contribution < 1.29 is 19.0 Å². The molecule has 8 heteroatoms.